The minimum atomic E-state index is -3.16. The lowest BCUT2D eigenvalue weighted by molar-refractivity contribution is 0.249. The van der Waals surface area contributed by atoms with E-state index in [-0.39, 0.29) is 24.4 Å². The lowest BCUT2D eigenvalue weighted by Crippen LogP contribution is -2.39. The average molecular weight is 207 g/mol. The summed E-state index contributed by atoms with van der Waals surface area (Å²) in [4.78, 5) is 0. The zero-order valence-electron chi connectivity index (χ0n) is 8.10. The van der Waals surface area contributed by atoms with Crippen molar-refractivity contribution in [3.63, 3.8) is 0 Å². The van der Waals surface area contributed by atoms with Gasteiger partial charge in [0.15, 0.2) is 0 Å². The maximum absolute atomic E-state index is 11.7. The van der Waals surface area contributed by atoms with Gasteiger partial charge in [0, 0.05) is 12.6 Å². The van der Waals surface area contributed by atoms with Gasteiger partial charge < -0.3 is 5.11 Å². The molecule has 0 saturated heterocycles. The number of aliphatic hydroxyl groups is 1. The van der Waals surface area contributed by atoms with Crippen LogP contribution >= 0.6 is 0 Å². The van der Waals surface area contributed by atoms with Crippen LogP contribution in [0.25, 0.3) is 0 Å². The van der Waals surface area contributed by atoms with Crippen molar-refractivity contribution in [1.82, 2.24) is 4.31 Å². The number of nitrogens with zero attached hydrogens (tertiary/aromatic N) is 1. The van der Waals surface area contributed by atoms with Crippen molar-refractivity contribution in [1.29, 1.82) is 0 Å². The van der Waals surface area contributed by atoms with Crippen molar-refractivity contribution in [2.24, 2.45) is 0 Å². The first-order valence-corrected chi connectivity index (χ1v) is 6.12. The molecule has 0 spiro atoms. The summed E-state index contributed by atoms with van der Waals surface area (Å²) >= 11 is 0. The number of hydrogen-bond acceptors (Lipinski definition) is 3. The van der Waals surface area contributed by atoms with E-state index in [0.717, 1.165) is 12.8 Å². The van der Waals surface area contributed by atoms with E-state index >= 15 is 0 Å². The minimum absolute atomic E-state index is 0.0948. The summed E-state index contributed by atoms with van der Waals surface area (Å²) in [5, 5.41) is 8.36. The van der Waals surface area contributed by atoms with Crippen LogP contribution in [0.15, 0.2) is 0 Å². The Morgan fingerprint density at radius 1 is 1.46 bits per heavy atom. The number of aliphatic hydroxyl groups excluding tert-OH is 1. The molecule has 0 radical (unpaired) electrons. The van der Waals surface area contributed by atoms with Crippen LogP contribution in [-0.2, 0) is 10.0 Å². The zero-order chi connectivity index (χ0) is 10.1. The maximum atomic E-state index is 11.7. The fraction of sp³-hybridized carbons (Fsp3) is 1.00. The predicted molar refractivity (Wildman–Crippen MR) is 50.9 cm³/mol. The molecule has 0 amide bonds. The van der Waals surface area contributed by atoms with E-state index in [1.165, 1.54) is 4.31 Å². The van der Waals surface area contributed by atoms with Crippen LogP contribution in [0.3, 0.4) is 0 Å². The highest BCUT2D eigenvalue weighted by molar-refractivity contribution is 7.89. The van der Waals surface area contributed by atoms with Gasteiger partial charge in [-0.2, -0.15) is 4.31 Å². The van der Waals surface area contributed by atoms with Crippen molar-refractivity contribution < 1.29 is 13.5 Å². The third-order valence-corrected chi connectivity index (χ3v) is 4.52. The Hall–Kier alpha value is -0.130. The van der Waals surface area contributed by atoms with Crippen LogP contribution in [0, 0.1) is 0 Å². The van der Waals surface area contributed by atoms with Crippen molar-refractivity contribution in [3.05, 3.63) is 0 Å². The van der Waals surface area contributed by atoms with E-state index in [1.807, 2.05) is 0 Å². The Balaban J connectivity index is 2.73. The Morgan fingerprint density at radius 2 is 2.00 bits per heavy atom. The summed E-state index contributed by atoms with van der Waals surface area (Å²) in [6.45, 7) is 3.48. The lowest BCUT2D eigenvalue weighted by Gasteiger charge is -2.22. The van der Waals surface area contributed by atoms with Crippen molar-refractivity contribution in [3.8, 4) is 0 Å². The third-order valence-electron chi connectivity index (χ3n) is 2.20. The van der Waals surface area contributed by atoms with Gasteiger partial charge in [0.2, 0.25) is 10.0 Å². The maximum Gasteiger partial charge on any atom is 0.216 e. The lowest BCUT2D eigenvalue weighted by atomic mass is 10.6. The first kappa shape index (κ1) is 10.9. The van der Waals surface area contributed by atoms with Crippen molar-refractivity contribution in [2.75, 3.05) is 13.2 Å². The van der Waals surface area contributed by atoms with E-state index < -0.39 is 10.0 Å². The second kappa shape index (κ2) is 3.94. The second-order valence-corrected chi connectivity index (χ2v) is 6.10. The van der Waals surface area contributed by atoms with E-state index in [0.29, 0.717) is 0 Å². The molecular weight excluding hydrogens is 190 g/mol. The molecule has 1 aliphatic rings. The average Bonchev–Trinajstić information content (AvgIpc) is 2.82. The Labute approximate surface area is 79.6 Å². The number of rotatable bonds is 5. The van der Waals surface area contributed by atoms with Crippen LogP contribution in [0.2, 0.25) is 0 Å². The molecule has 1 aliphatic carbocycles. The van der Waals surface area contributed by atoms with Crippen molar-refractivity contribution >= 4 is 10.0 Å². The molecule has 4 nitrogen and oxygen atoms in total. The number of hydrogen-bond donors (Lipinski definition) is 1. The van der Waals surface area contributed by atoms with Gasteiger partial charge >= 0.3 is 0 Å². The highest BCUT2D eigenvalue weighted by Gasteiger charge is 2.37. The summed E-state index contributed by atoms with van der Waals surface area (Å²) in [6, 6.07) is 0.152. The zero-order valence-corrected chi connectivity index (χ0v) is 8.92. The standard InChI is InChI=1S/C8H17NO3S/c1-7(2)13(11,12)9(5-6-10)8-3-4-8/h7-8,10H,3-6H2,1-2H3. The van der Waals surface area contributed by atoms with Crippen LogP contribution in [-0.4, -0.2) is 42.3 Å². The van der Waals surface area contributed by atoms with Gasteiger partial charge in [0.25, 0.3) is 0 Å². The molecule has 0 unspecified atom stereocenters. The predicted octanol–water partition coefficient (Wildman–Crippen LogP) is 0.181. The molecule has 0 aromatic heterocycles. The molecule has 0 aromatic carbocycles. The smallest absolute Gasteiger partial charge is 0.216 e. The van der Waals surface area contributed by atoms with Crippen LogP contribution in [0.1, 0.15) is 26.7 Å². The van der Waals surface area contributed by atoms with Gasteiger partial charge in [-0.25, -0.2) is 8.42 Å². The summed E-state index contributed by atoms with van der Waals surface area (Å²) in [7, 11) is -3.16. The molecule has 1 fully saturated rings. The van der Waals surface area contributed by atoms with Crippen LogP contribution in [0.4, 0.5) is 0 Å². The molecule has 1 rings (SSSR count). The summed E-state index contributed by atoms with van der Waals surface area (Å²) in [5.74, 6) is 0. The Bertz CT molecular complexity index is 257. The largest absolute Gasteiger partial charge is 0.395 e. The first-order valence-electron chi connectivity index (χ1n) is 4.61. The normalized spacial score (nSPS) is 18.5. The summed E-state index contributed by atoms with van der Waals surface area (Å²) in [5.41, 5.74) is 0. The molecule has 5 heteroatoms. The van der Waals surface area contributed by atoms with Crippen LogP contribution in [0.5, 0.6) is 0 Å². The number of sulfonamides is 1. The SMILES string of the molecule is CC(C)S(=O)(=O)N(CCO)C1CC1. The quantitative estimate of drug-likeness (QED) is 0.699. The first-order chi connectivity index (χ1) is 6.00. The summed E-state index contributed by atoms with van der Waals surface area (Å²) < 4.78 is 24.9. The van der Waals surface area contributed by atoms with Gasteiger partial charge in [0.05, 0.1) is 11.9 Å². The molecule has 1 saturated carbocycles. The Morgan fingerprint density at radius 3 is 2.31 bits per heavy atom. The third kappa shape index (κ3) is 2.42. The van der Waals surface area contributed by atoms with Crippen LogP contribution < -0.4 is 0 Å². The van der Waals surface area contributed by atoms with Gasteiger partial charge in [0.1, 0.15) is 0 Å². The topological polar surface area (TPSA) is 57.6 Å². The molecule has 1 N–H and O–H groups in total. The molecule has 0 bridgehead atoms. The fourth-order valence-electron chi connectivity index (χ4n) is 1.25. The van der Waals surface area contributed by atoms with Crippen molar-refractivity contribution in [2.45, 2.75) is 38.0 Å². The molecule has 78 valence electrons. The monoisotopic (exact) mass is 207 g/mol. The summed E-state index contributed by atoms with van der Waals surface area (Å²) in [6.07, 6.45) is 1.87. The molecule has 0 aliphatic heterocycles. The molecule has 0 heterocycles. The van der Waals surface area contributed by atoms with Gasteiger partial charge in [-0.3, -0.25) is 0 Å². The Kier molecular flexibility index (Phi) is 3.32. The molecule has 0 atom stereocenters. The van der Waals surface area contributed by atoms with Gasteiger partial charge in [-0.15, -0.1) is 0 Å². The second-order valence-electron chi connectivity index (χ2n) is 3.66. The molecule has 0 aromatic rings. The van der Waals surface area contributed by atoms with E-state index in [4.69, 9.17) is 5.11 Å². The fourth-order valence-corrected chi connectivity index (χ4v) is 2.75. The molecular formula is C8H17NO3S. The molecule has 13 heavy (non-hydrogen) atoms. The van der Waals surface area contributed by atoms with E-state index in [2.05, 4.69) is 0 Å². The highest BCUT2D eigenvalue weighted by Crippen LogP contribution is 2.30. The minimum Gasteiger partial charge on any atom is -0.395 e. The van der Waals surface area contributed by atoms with Gasteiger partial charge in [-0.05, 0) is 26.7 Å². The van der Waals surface area contributed by atoms with Gasteiger partial charge in [-0.1, -0.05) is 0 Å². The van der Waals surface area contributed by atoms with E-state index in [9.17, 15) is 8.42 Å². The highest BCUT2D eigenvalue weighted by atomic mass is 32.2. The van der Waals surface area contributed by atoms with E-state index in [1.54, 1.807) is 13.8 Å².